The minimum atomic E-state index is 0.296. The second-order valence-corrected chi connectivity index (χ2v) is 9.91. The van der Waals surface area contributed by atoms with E-state index in [9.17, 15) is 0 Å². The maximum absolute atomic E-state index is 3.86. The van der Waals surface area contributed by atoms with Crippen molar-refractivity contribution in [1.29, 1.82) is 0 Å². The van der Waals surface area contributed by atoms with Gasteiger partial charge in [0.05, 0.1) is 12.3 Å². The van der Waals surface area contributed by atoms with E-state index in [-0.39, 0.29) is 0 Å². The summed E-state index contributed by atoms with van der Waals surface area (Å²) in [6, 6.07) is 20.8. The molecule has 2 aromatic rings. The molecule has 3 saturated heterocycles. The SMILES string of the molecule is CCN1CCN(Cc2ccc(C3CC4C(NCNC4N[C@H](C)c4ccccc4)N3)cc2)CC1. The third-order valence-electron chi connectivity index (χ3n) is 7.82. The van der Waals surface area contributed by atoms with Gasteiger partial charge in [-0.3, -0.25) is 26.2 Å². The molecule has 0 aliphatic carbocycles. The van der Waals surface area contributed by atoms with Gasteiger partial charge in [0.25, 0.3) is 0 Å². The normalized spacial score (nSPS) is 29.6. The van der Waals surface area contributed by atoms with Crippen molar-refractivity contribution in [2.75, 3.05) is 39.4 Å². The van der Waals surface area contributed by atoms with E-state index in [1.54, 1.807) is 0 Å². The highest BCUT2D eigenvalue weighted by atomic mass is 15.3. The Hall–Kier alpha value is -1.80. The number of fused-ring (bicyclic) bond motifs is 1. The number of hydrogen-bond donors (Lipinski definition) is 4. The molecule has 33 heavy (non-hydrogen) atoms. The average molecular weight is 449 g/mol. The van der Waals surface area contributed by atoms with Crippen LogP contribution in [0.4, 0.5) is 0 Å². The second kappa shape index (κ2) is 10.6. The summed E-state index contributed by atoms with van der Waals surface area (Å²) in [7, 11) is 0. The molecule has 0 saturated carbocycles. The van der Waals surface area contributed by atoms with E-state index in [2.05, 4.69) is 99.5 Å². The lowest BCUT2D eigenvalue weighted by molar-refractivity contribution is 0.132. The fourth-order valence-electron chi connectivity index (χ4n) is 5.68. The zero-order valence-corrected chi connectivity index (χ0v) is 20.1. The molecule has 6 heteroatoms. The van der Waals surface area contributed by atoms with Crippen molar-refractivity contribution in [3.63, 3.8) is 0 Å². The summed E-state index contributed by atoms with van der Waals surface area (Å²) in [6.45, 7) is 12.3. The van der Waals surface area contributed by atoms with Crippen molar-refractivity contribution < 1.29 is 0 Å². The molecule has 0 amide bonds. The summed E-state index contributed by atoms with van der Waals surface area (Å²) >= 11 is 0. The first-order valence-corrected chi connectivity index (χ1v) is 12.8. The van der Waals surface area contributed by atoms with Crippen LogP contribution in [-0.4, -0.2) is 61.5 Å². The number of likely N-dealkylation sites (N-methyl/N-ethyl adjacent to an activating group) is 1. The average Bonchev–Trinajstić information content (AvgIpc) is 3.31. The zero-order chi connectivity index (χ0) is 22.6. The Bertz CT molecular complexity index is 864. The van der Waals surface area contributed by atoms with Crippen molar-refractivity contribution in [3.8, 4) is 0 Å². The molecule has 4 N–H and O–H groups in total. The first-order valence-electron chi connectivity index (χ1n) is 12.8. The van der Waals surface area contributed by atoms with Crippen molar-refractivity contribution in [1.82, 2.24) is 31.1 Å². The third-order valence-corrected chi connectivity index (χ3v) is 7.82. The van der Waals surface area contributed by atoms with Gasteiger partial charge in [-0.2, -0.15) is 0 Å². The van der Waals surface area contributed by atoms with Crippen molar-refractivity contribution >= 4 is 0 Å². The summed E-state index contributed by atoms with van der Waals surface area (Å²) in [4.78, 5) is 5.12. The lowest BCUT2D eigenvalue weighted by Gasteiger charge is -2.37. The highest BCUT2D eigenvalue weighted by molar-refractivity contribution is 5.27. The molecule has 4 unspecified atom stereocenters. The van der Waals surface area contributed by atoms with Crippen LogP contribution in [0.3, 0.4) is 0 Å². The van der Waals surface area contributed by atoms with E-state index in [4.69, 9.17) is 0 Å². The standard InChI is InChI=1S/C27H40N6/c1-3-32-13-15-33(16-14-32)18-21-9-11-23(12-10-21)25-17-24-26(28-19-29-27(24)31-25)30-20(2)22-7-5-4-6-8-22/h4-12,20,24-31H,3,13-19H2,1-2H3/t20-,24?,25?,26?,27?/m1/s1. The van der Waals surface area contributed by atoms with Crippen LogP contribution in [0.2, 0.25) is 0 Å². The quantitative estimate of drug-likeness (QED) is 0.523. The number of nitrogens with one attached hydrogen (secondary N) is 4. The lowest BCUT2D eigenvalue weighted by atomic mass is 9.94. The van der Waals surface area contributed by atoms with Gasteiger partial charge >= 0.3 is 0 Å². The molecule has 178 valence electrons. The Kier molecular flexibility index (Phi) is 7.40. The van der Waals surface area contributed by atoms with E-state index in [0.29, 0.717) is 30.3 Å². The molecule has 6 nitrogen and oxygen atoms in total. The van der Waals surface area contributed by atoms with Crippen molar-refractivity contribution in [3.05, 3.63) is 71.3 Å². The zero-order valence-electron chi connectivity index (χ0n) is 20.1. The van der Waals surface area contributed by atoms with Crippen LogP contribution in [0.25, 0.3) is 0 Å². The monoisotopic (exact) mass is 448 g/mol. The topological polar surface area (TPSA) is 54.6 Å². The molecule has 0 radical (unpaired) electrons. The molecule has 5 atom stereocenters. The first kappa shape index (κ1) is 23.0. The van der Waals surface area contributed by atoms with Gasteiger partial charge in [-0.25, -0.2) is 0 Å². The second-order valence-electron chi connectivity index (χ2n) is 9.91. The van der Waals surface area contributed by atoms with Gasteiger partial charge in [0.2, 0.25) is 0 Å². The minimum absolute atomic E-state index is 0.296. The number of nitrogens with zero attached hydrogens (tertiary/aromatic N) is 2. The van der Waals surface area contributed by atoms with Crippen LogP contribution < -0.4 is 21.3 Å². The van der Waals surface area contributed by atoms with Crippen LogP contribution in [0, 0.1) is 5.92 Å². The predicted molar refractivity (Wildman–Crippen MR) is 135 cm³/mol. The van der Waals surface area contributed by atoms with E-state index in [0.717, 1.165) is 19.6 Å². The summed E-state index contributed by atoms with van der Waals surface area (Å²) in [5.74, 6) is 0.504. The molecular weight excluding hydrogens is 408 g/mol. The highest BCUT2D eigenvalue weighted by Gasteiger charge is 2.41. The van der Waals surface area contributed by atoms with Crippen LogP contribution in [0.1, 0.15) is 49.0 Å². The molecule has 0 bridgehead atoms. The van der Waals surface area contributed by atoms with Crippen molar-refractivity contribution in [2.24, 2.45) is 5.92 Å². The smallest absolute Gasteiger partial charge is 0.0644 e. The molecule has 2 aromatic carbocycles. The maximum Gasteiger partial charge on any atom is 0.0644 e. The number of piperazine rings is 1. The number of benzene rings is 2. The minimum Gasteiger partial charge on any atom is -0.301 e. The third kappa shape index (κ3) is 5.48. The van der Waals surface area contributed by atoms with Crippen molar-refractivity contribution in [2.45, 2.75) is 51.2 Å². The van der Waals surface area contributed by atoms with Crippen LogP contribution in [0.5, 0.6) is 0 Å². The van der Waals surface area contributed by atoms with E-state index in [1.165, 1.54) is 49.4 Å². The molecule has 0 spiro atoms. The molecule has 3 aliphatic rings. The predicted octanol–water partition coefficient (Wildman–Crippen LogP) is 2.63. The number of rotatable bonds is 7. The molecular formula is C27H40N6. The van der Waals surface area contributed by atoms with Gasteiger partial charge in [-0.1, -0.05) is 61.5 Å². The summed E-state index contributed by atoms with van der Waals surface area (Å²) in [5.41, 5.74) is 4.17. The van der Waals surface area contributed by atoms with Gasteiger partial charge in [-0.05, 0) is 36.6 Å². The summed E-state index contributed by atoms with van der Waals surface area (Å²) in [6.07, 6.45) is 1.76. The van der Waals surface area contributed by atoms with E-state index < -0.39 is 0 Å². The molecule has 3 heterocycles. The fourth-order valence-corrected chi connectivity index (χ4v) is 5.68. The molecule has 5 rings (SSSR count). The van der Waals surface area contributed by atoms with Crippen LogP contribution >= 0.6 is 0 Å². The molecule has 3 fully saturated rings. The summed E-state index contributed by atoms with van der Waals surface area (Å²) in [5, 5.41) is 15.0. The Balaban J connectivity index is 1.17. The van der Waals surface area contributed by atoms with Gasteiger partial charge in [0.1, 0.15) is 0 Å². The largest absolute Gasteiger partial charge is 0.301 e. The maximum atomic E-state index is 3.86. The number of hydrogen-bond acceptors (Lipinski definition) is 6. The fraction of sp³-hybridized carbons (Fsp3) is 0.556. The molecule has 3 aliphatic heterocycles. The lowest BCUT2D eigenvalue weighted by Crippen LogP contribution is -2.63. The van der Waals surface area contributed by atoms with Crippen LogP contribution in [0.15, 0.2) is 54.6 Å². The first-order chi connectivity index (χ1) is 16.2. The van der Waals surface area contributed by atoms with E-state index >= 15 is 0 Å². The van der Waals surface area contributed by atoms with Gasteiger partial charge in [0, 0.05) is 57.4 Å². The van der Waals surface area contributed by atoms with Gasteiger partial charge in [-0.15, -0.1) is 0 Å². The highest BCUT2D eigenvalue weighted by Crippen LogP contribution is 2.34. The Morgan fingerprint density at radius 1 is 0.939 bits per heavy atom. The Labute approximate surface area is 199 Å². The van der Waals surface area contributed by atoms with E-state index in [1.807, 2.05) is 0 Å². The van der Waals surface area contributed by atoms with Crippen LogP contribution in [-0.2, 0) is 6.54 Å². The Morgan fingerprint density at radius 3 is 2.39 bits per heavy atom. The molecule has 0 aromatic heterocycles. The van der Waals surface area contributed by atoms with Gasteiger partial charge < -0.3 is 4.90 Å². The Morgan fingerprint density at radius 2 is 1.67 bits per heavy atom. The van der Waals surface area contributed by atoms with Gasteiger partial charge in [0.15, 0.2) is 0 Å². The summed E-state index contributed by atoms with van der Waals surface area (Å²) < 4.78 is 0.